The molecule has 140 valence electrons. The summed E-state index contributed by atoms with van der Waals surface area (Å²) in [5.41, 5.74) is 1.11. The van der Waals surface area contributed by atoms with Crippen LogP contribution in [-0.2, 0) is 23.2 Å². The van der Waals surface area contributed by atoms with E-state index in [0.29, 0.717) is 19.0 Å². The molecule has 0 bridgehead atoms. The fourth-order valence-corrected chi connectivity index (χ4v) is 3.03. The highest BCUT2D eigenvalue weighted by Gasteiger charge is 2.36. The first kappa shape index (κ1) is 19.5. The van der Waals surface area contributed by atoms with Gasteiger partial charge in [0, 0.05) is 37.4 Å². The van der Waals surface area contributed by atoms with Crippen molar-refractivity contribution in [2.45, 2.75) is 59.5 Å². The van der Waals surface area contributed by atoms with E-state index in [0.717, 1.165) is 25.0 Å². The zero-order valence-electron chi connectivity index (χ0n) is 16.4. The van der Waals surface area contributed by atoms with Crippen LogP contribution in [0.25, 0.3) is 0 Å². The van der Waals surface area contributed by atoms with Gasteiger partial charge in [-0.15, -0.1) is 0 Å². The van der Waals surface area contributed by atoms with Crippen LogP contribution in [0.2, 0.25) is 0 Å². The minimum Gasteiger partial charge on any atom is -0.353 e. The summed E-state index contributed by atoms with van der Waals surface area (Å²) < 4.78 is 2.04. The second-order valence-electron chi connectivity index (χ2n) is 7.78. The third-order valence-electron chi connectivity index (χ3n) is 4.98. The lowest BCUT2D eigenvalue weighted by Crippen LogP contribution is -2.47. The molecular weight excluding hydrogens is 314 g/mol. The monoisotopic (exact) mass is 347 g/mol. The van der Waals surface area contributed by atoms with Gasteiger partial charge in [-0.25, -0.2) is 0 Å². The van der Waals surface area contributed by atoms with Gasteiger partial charge in [0.2, 0.25) is 11.8 Å². The predicted molar refractivity (Wildman–Crippen MR) is 99.9 cm³/mol. The second kappa shape index (κ2) is 8.54. The maximum absolute atomic E-state index is 13.0. The fraction of sp³-hybridized carbons (Fsp3) is 0.700. The van der Waals surface area contributed by atoms with Crippen molar-refractivity contribution in [3.8, 4) is 0 Å². The molecule has 0 saturated heterocycles. The Morgan fingerprint density at radius 1 is 1.28 bits per heavy atom. The highest BCUT2D eigenvalue weighted by atomic mass is 16.2. The summed E-state index contributed by atoms with van der Waals surface area (Å²) >= 11 is 0. The third-order valence-corrected chi connectivity index (χ3v) is 4.98. The van der Waals surface area contributed by atoms with Gasteiger partial charge in [-0.3, -0.25) is 9.59 Å². The summed E-state index contributed by atoms with van der Waals surface area (Å²) in [6.07, 6.45) is 4.81. The summed E-state index contributed by atoms with van der Waals surface area (Å²) in [5.74, 6) is 0.740. The number of hydrogen-bond acceptors (Lipinski definition) is 2. The molecule has 0 aromatic carbocycles. The predicted octanol–water partition coefficient (Wildman–Crippen LogP) is 3.05. The van der Waals surface area contributed by atoms with Gasteiger partial charge in [-0.1, -0.05) is 20.8 Å². The van der Waals surface area contributed by atoms with Crippen LogP contribution in [0.3, 0.4) is 0 Å². The summed E-state index contributed by atoms with van der Waals surface area (Å²) in [7, 11) is 2.00. The minimum absolute atomic E-state index is 0.0456. The molecular formula is C20H33N3O2. The van der Waals surface area contributed by atoms with E-state index in [1.807, 2.05) is 41.8 Å². The summed E-state index contributed by atoms with van der Waals surface area (Å²) in [5, 5.41) is 0. The molecule has 1 aliphatic carbocycles. The number of nitrogens with zero attached hydrogens (tertiary/aromatic N) is 3. The van der Waals surface area contributed by atoms with Crippen molar-refractivity contribution in [2.24, 2.45) is 18.9 Å². The fourth-order valence-electron chi connectivity index (χ4n) is 3.03. The molecule has 1 atom stereocenters. The van der Waals surface area contributed by atoms with E-state index in [1.54, 1.807) is 4.90 Å². The molecule has 5 heteroatoms. The molecule has 0 spiro atoms. The Morgan fingerprint density at radius 2 is 1.96 bits per heavy atom. The lowest BCUT2D eigenvalue weighted by molar-refractivity contribution is -0.143. The average molecular weight is 348 g/mol. The van der Waals surface area contributed by atoms with Gasteiger partial charge in [0.15, 0.2) is 0 Å². The van der Waals surface area contributed by atoms with Gasteiger partial charge in [-0.2, -0.15) is 0 Å². The number of carbonyl (C=O) groups excluding carboxylic acids is 2. The van der Waals surface area contributed by atoms with Crippen molar-refractivity contribution in [3.05, 3.63) is 24.0 Å². The second-order valence-corrected chi connectivity index (χ2v) is 7.78. The van der Waals surface area contributed by atoms with E-state index in [4.69, 9.17) is 0 Å². The van der Waals surface area contributed by atoms with Crippen LogP contribution in [0, 0.1) is 11.8 Å². The Kier molecular flexibility index (Phi) is 6.68. The summed E-state index contributed by atoms with van der Waals surface area (Å²) in [6, 6.07) is 4.14. The van der Waals surface area contributed by atoms with E-state index >= 15 is 0 Å². The van der Waals surface area contributed by atoms with Crippen molar-refractivity contribution in [2.75, 3.05) is 13.1 Å². The van der Waals surface area contributed by atoms with Crippen molar-refractivity contribution in [1.82, 2.24) is 14.4 Å². The Hall–Kier alpha value is -1.78. The molecule has 2 rings (SSSR count). The normalized spacial score (nSPS) is 15.3. The maximum atomic E-state index is 13.0. The first-order valence-corrected chi connectivity index (χ1v) is 9.51. The van der Waals surface area contributed by atoms with Crippen LogP contribution in [0.4, 0.5) is 0 Å². The highest BCUT2D eigenvalue weighted by molar-refractivity contribution is 5.87. The number of amides is 2. The molecule has 1 saturated carbocycles. The first-order valence-electron chi connectivity index (χ1n) is 9.51. The SMILES string of the molecule is CCC(C)N(CC(=O)N(Cc1cccn1C)CC(C)C)C(=O)C1CC1. The maximum Gasteiger partial charge on any atom is 0.242 e. The van der Waals surface area contributed by atoms with Crippen LogP contribution in [0.1, 0.15) is 52.7 Å². The number of aryl methyl sites for hydroxylation is 1. The van der Waals surface area contributed by atoms with Crippen molar-refractivity contribution in [1.29, 1.82) is 0 Å². The minimum atomic E-state index is 0.0456. The van der Waals surface area contributed by atoms with Gasteiger partial charge >= 0.3 is 0 Å². The number of hydrogen-bond donors (Lipinski definition) is 0. The molecule has 1 aliphatic rings. The van der Waals surface area contributed by atoms with Gasteiger partial charge < -0.3 is 14.4 Å². The van der Waals surface area contributed by atoms with E-state index in [9.17, 15) is 9.59 Å². The van der Waals surface area contributed by atoms with Gasteiger partial charge in [0.25, 0.3) is 0 Å². The number of aromatic nitrogens is 1. The Labute approximate surface area is 152 Å². The average Bonchev–Trinajstić information content (AvgIpc) is 3.34. The quantitative estimate of drug-likeness (QED) is 0.689. The lowest BCUT2D eigenvalue weighted by atomic mass is 10.1. The molecule has 1 aromatic rings. The Balaban J connectivity index is 2.10. The van der Waals surface area contributed by atoms with Gasteiger partial charge in [0.05, 0.1) is 6.54 Å². The number of carbonyl (C=O) groups is 2. The Morgan fingerprint density at radius 3 is 2.44 bits per heavy atom. The van der Waals surface area contributed by atoms with Crippen LogP contribution >= 0.6 is 0 Å². The zero-order chi connectivity index (χ0) is 18.6. The molecule has 25 heavy (non-hydrogen) atoms. The molecule has 0 radical (unpaired) electrons. The van der Waals surface area contributed by atoms with Gasteiger partial charge in [-0.05, 0) is 44.2 Å². The standard InChI is InChI=1S/C20H33N3O2/c1-6-16(4)23(20(25)17-9-10-17)14-19(24)22(12-15(2)3)13-18-8-7-11-21(18)5/h7-8,11,15-17H,6,9-10,12-14H2,1-5H3. The van der Waals surface area contributed by atoms with Crippen molar-refractivity contribution < 1.29 is 9.59 Å². The van der Waals surface area contributed by atoms with Crippen LogP contribution in [-0.4, -0.2) is 45.3 Å². The molecule has 0 aliphatic heterocycles. The summed E-state index contributed by atoms with van der Waals surface area (Å²) in [6.45, 7) is 9.83. The molecule has 0 N–H and O–H groups in total. The van der Waals surface area contributed by atoms with Crippen molar-refractivity contribution in [3.63, 3.8) is 0 Å². The molecule has 5 nitrogen and oxygen atoms in total. The molecule has 2 amide bonds. The van der Waals surface area contributed by atoms with Gasteiger partial charge in [0.1, 0.15) is 6.54 Å². The number of rotatable bonds is 9. The smallest absolute Gasteiger partial charge is 0.242 e. The van der Waals surface area contributed by atoms with Crippen LogP contribution < -0.4 is 0 Å². The zero-order valence-corrected chi connectivity index (χ0v) is 16.4. The Bertz CT molecular complexity index is 590. The van der Waals surface area contributed by atoms with E-state index in [2.05, 4.69) is 20.8 Å². The molecule has 1 aromatic heterocycles. The van der Waals surface area contributed by atoms with Crippen LogP contribution in [0.15, 0.2) is 18.3 Å². The molecule has 1 fully saturated rings. The van der Waals surface area contributed by atoms with E-state index < -0.39 is 0 Å². The largest absolute Gasteiger partial charge is 0.353 e. The lowest BCUT2D eigenvalue weighted by Gasteiger charge is -2.32. The van der Waals surface area contributed by atoms with E-state index in [1.165, 1.54) is 0 Å². The molecule has 1 unspecified atom stereocenters. The van der Waals surface area contributed by atoms with Crippen molar-refractivity contribution >= 4 is 11.8 Å². The topological polar surface area (TPSA) is 45.6 Å². The molecule has 1 heterocycles. The third kappa shape index (κ3) is 5.35. The highest BCUT2D eigenvalue weighted by Crippen LogP contribution is 2.32. The first-order chi connectivity index (χ1) is 11.8. The summed E-state index contributed by atoms with van der Waals surface area (Å²) in [4.78, 5) is 29.3. The van der Waals surface area contributed by atoms with E-state index in [-0.39, 0.29) is 30.3 Å². The van der Waals surface area contributed by atoms with Crippen LogP contribution in [0.5, 0.6) is 0 Å².